The molecule has 0 aliphatic heterocycles. The van der Waals surface area contributed by atoms with Gasteiger partial charge in [0.05, 0.1) is 0 Å². The summed E-state index contributed by atoms with van der Waals surface area (Å²) in [7, 11) is -0.710. The van der Waals surface area contributed by atoms with E-state index in [-0.39, 0.29) is 0 Å². The Kier molecular flexibility index (Phi) is 3.39. The normalized spacial score (nSPS) is 10.4. The number of hydrogen-bond acceptors (Lipinski definition) is 0. The van der Waals surface area contributed by atoms with E-state index in [1.165, 1.54) is 0 Å². The van der Waals surface area contributed by atoms with Crippen LogP contribution in [0.15, 0.2) is 12.3 Å². The lowest BCUT2D eigenvalue weighted by Crippen LogP contribution is -2.02. The first-order chi connectivity index (χ1) is 3.18. The third kappa shape index (κ3) is 2.89. The topological polar surface area (TPSA) is 0 Å². The van der Waals surface area contributed by atoms with Gasteiger partial charge in [-0.2, -0.15) is 11.1 Å². The van der Waals surface area contributed by atoms with Crippen molar-refractivity contribution in [1.82, 2.24) is 0 Å². The molecule has 0 amide bonds. The van der Waals surface area contributed by atoms with Crippen molar-refractivity contribution < 1.29 is 0 Å². The first-order valence-electron chi connectivity index (χ1n) is 2.33. The summed E-state index contributed by atoms with van der Waals surface area (Å²) in [5.41, 5.74) is 2.47. The van der Waals surface area contributed by atoms with Gasteiger partial charge in [0.2, 0.25) is 0 Å². The molecule has 0 fully saturated rings. The first kappa shape index (κ1) is 7.25. The third-order valence-electron chi connectivity index (χ3n) is 0.747. The molecule has 0 heterocycles. The van der Waals surface area contributed by atoms with Gasteiger partial charge in [0, 0.05) is 0 Å². The molecule has 0 rings (SSSR count). The van der Waals surface area contributed by atoms with E-state index in [1.807, 2.05) is 5.70 Å². The molecular formula is C5H10ClSi. The molecule has 0 bridgehead atoms. The van der Waals surface area contributed by atoms with Gasteiger partial charge in [-0.1, -0.05) is 19.5 Å². The van der Waals surface area contributed by atoms with Crippen LogP contribution in [0.25, 0.3) is 0 Å². The van der Waals surface area contributed by atoms with Crippen molar-refractivity contribution in [1.29, 1.82) is 0 Å². The summed E-state index contributed by atoms with van der Waals surface area (Å²) in [4.78, 5) is 0. The highest BCUT2D eigenvalue weighted by Crippen LogP contribution is 2.10. The molecule has 0 spiro atoms. The lowest BCUT2D eigenvalue weighted by Gasteiger charge is -2.01. The molecule has 0 aromatic rings. The van der Waals surface area contributed by atoms with E-state index in [0.717, 1.165) is 0 Å². The molecule has 0 aliphatic rings. The minimum absolute atomic E-state index is 0.615. The molecule has 0 unspecified atom stereocenters. The summed E-state index contributed by atoms with van der Waals surface area (Å²) in [6.07, 6.45) is 0. The van der Waals surface area contributed by atoms with Gasteiger partial charge >= 0.3 is 0 Å². The van der Waals surface area contributed by atoms with E-state index in [1.54, 1.807) is 0 Å². The van der Waals surface area contributed by atoms with Crippen molar-refractivity contribution >= 4 is 19.2 Å². The first-order valence-corrected chi connectivity index (χ1v) is 5.00. The molecule has 0 saturated heterocycles. The molecule has 0 atom stereocenters. The van der Waals surface area contributed by atoms with Crippen LogP contribution in [0.1, 0.15) is 13.8 Å². The Labute approximate surface area is 51.5 Å². The summed E-state index contributed by atoms with van der Waals surface area (Å²) in [5, 5.41) is 0. The Bertz CT molecular complexity index is 61.1. The minimum atomic E-state index is -0.710. The average molecular weight is 134 g/mol. The molecule has 2 heteroatoms. The van der Waals surface area contributed by atoms with Gasteiger partial charge in [0.15, 0.2) is 8.11 Å². The second-order valence-corrected chi connectivity index (χ2v) is 5.39. The molecule has 0 aromatic carbocycles. The summed E-state index contributed by atoms with van der Waals surface area (Å²) >= 11 is 5.78. The highest BCUT2D eigenvalue weighted by molar-refractivity contribution is 7.10. The van der Waals surface area contributed by atoms with Crippen molar-refractivity contribution in [2.24, 2.45) is 0 Å². The van der Waals surface area contributed by atoms with Gasteiger partial charge in [0.25, 0.3) is 0 Å². The van der Waals surface area contributed by atoms with E-state index < -0.39 is 8.11 Å². The molecule has 0 aromatic heterocycles. The zero-order valence-corrected chi connectivity index (χ0v) is 6.50. The van der Waals surface area contributed by atoms with E-state index in [0.29, 0.717) is 5.54 Å². The molecule has 0 saturated carbocycles. The Balaban J connectivity index is 3.33. The largest absolute Gasteiger partial charge is 0.194 e. The van der Waals surface area contributed by atoms with E-state index in [4.69, 9.17) is 11.1 Å². The maximum atomic E-state index is 5.78. The monoisotopic (exact) mass is 133 g/mol. The van der Waals surface area contributed by atoms with Crippen LogP contribution >= 0.6 is 11.1 Å². The van der Waals surface area contributed by atoms with Crippen molar-refractivity contribution in [2.45, 2.75) is 19.4 Å². The average Bonchev–Trinajstić information content (AvgIpc) is 1.65. The minimum Gasteiger partial charge on any atom is -0.163 e. The standard InChI is InChI=1S/C5H10ClSi/c1-4-7(6)5(2)3/h4-5H,1H2,2-3H3. The van der Waals surface area contributed by atoms with Crippen LogP contribution in [-0.4, -0.2) is 8.11 Å². The fourth-order valence-electron chi connectivity index (χ4n) is 0.236. The Morgan fingerprint density at radius 2 is 2.14 bits per heavy atom. The third-order valence-corrected chi connectivity index (χ3v) is 4.01. The molecule has 0 N–H and O–H groups in total. The van der Waals surface area contributed by atoms with Gasteiger partial charge in [0.1, 0.15) is 0 Å². The summed E-state index contributed by atoms with van der Waals surface area (Å²) in [6.45, 7) is 7.82. The Morgan fingerprint density at radius 3 is 2.14 bits per heavy atom. The van der Waals surface area contributed by atoms with E-state index in [9.17, 15) is 0 Å². The van der Waals surface area contributed by atoms with Crippen LogP contribution < -0.4 is 0 Å². The number of hydrogen-bond donors (Lipinski definition) is 0. The Morgan fingerprint density at radius 1 is 1.71 bits per heavy atom. The van der Waals surface area contributed by atoms with Gasteiger partial charge in [-0.3, -0.25) is 0 Å². The smallest absolute Gasteiger partial charge is 0.163 e. The zero-order chi connectivity index (χ0) is 5.86. The van der Waals surface area contributed by atoms with E-state index in [2.05, 4.69) is 20.4 Å². The van der Waals surface area contributed by atoms with Crippen molar-refractivity contribution in [3.05, 3.63) is 12.3 Å². The predicted octanol–water partition coefficient (Wildman–Crippen LogP) is 2.35. The summed E-state index contributed by atoms with van der Waals surface area (Å²) < 4.78 is 0. The number of halogens is 1. The number of rotatable bonds is 2. The molecule has 1 radical (unpaired) electrons. The highest BCUT2D eigenvalue weighted by atomic mass is 35.6. The van der Waals surface area contributed by atoms with E-state index >= 15 is 0 Å². The van der Waals surface area contributed by atoms with Gasteiger partial charge in [-0.25, -0.2) is 0 Å². The second-order valence-electron chi connectivity index (χ2n) is 1.74. The van der Waals surface area contributed by atoms with Gasteiger partial charge in [-0.05, 0) is 5.54 Å². The molecule has 0 aliphatic carbocycles. The van der Waals surface area contributed by atoms with Gasteiger partial charge in [-0.15, -0.1) is 6.58 Å². The SMILES string of the molecule is C=C[Si](Cl)C(C)C. The molecule has 7 heavy (non-hydrogen) atoms. The van der Waals surface area contributed by atoms with Crippen molar-refractivity contribution in [2.75, 3.05) is 0 Å². The lowest BCUT2D eigenvalue weighted by molar-refractivity contribution is 1.06. The lowest BCUT2D eigenvalue weighted by atomic mass is 10.6. The Hall–Kier alpha value is 0.247. The van der Waals surface area contributed by atoms with Crippen LogP contribution in [-0.2, 0) is 0 Å². The summed E-state index contributed by atoms with van der Waals surface area (Å²) in [6, 6.07) is 0. The van der Waals surface area contributed by atoms with Crippen LogP contribution in [0.5, 0.6) is 0 Å². The summed E-state index contributed by atoms with van der Waals surface area (Å²) in [5.74, 6) is 0. The van der Waals surface area contributed by atoms with Crippen LogP contribution in [0.4, 0.5) is 0 Å². The quantitative estimate of drug-likeness (QED) is 0.401. The van der Waals surface area contributed by atoms with Crippen LogP contribution in [0.2, 0.25) is 5.54 Å². The fraction of sp³-hybridized carbons (Fsp3) is 0.600. The maximum absolute atomic E-state index is 5.78. The van der Waals surface area contributed by atoms with Gasteiger partial charge < -0.3 is 0 Å². The molecule has 41 valence electrons. The van der Waals surface area contributed by atoms with Crippen LogP contribution in [0.3, 0.4) is 0 Å². The second kappa shape index (κ2) is 3.27. The van der Waals surface area contributed by atoms with Crippen molar-refractivity contribution in [3.63, 3.8) is 0 Å². The highest BCUT2D eigenvalue weighted by Gasteiger charge is 2.05. The molecule has 0 nitrogen and oxygen atoms in total. The van der Waals surface area contributed by atoms with Crippen molar-refractivity contribution in [3.8, 4) is 0 Å². The predicted molar refractivity (Wildman–Crippen MR) is 36.9 cm³/mol. The molecular weight excluding hydrogens is 124 g/mol. The fourth-order valence-corrected chi connectivity index (χ4v) is 0.707. The maximum Gasteiger partial charge on any atom is 0.194 e. The van der Waals surface area contributed by atoms with Crippen LogP contribution in [0, 0.1) is 0 Å². The zero-order valence-electron chi connectivity index (χ0n) is 4.74.